The first kappa shape index (κ1) is 20.4. The highest BCUT2D eigenvalue weighted by Gasteiger charge is 2.27. The second kappa shape index (κ2) is 8.48. The van der Waals surface area contributed by atoms with Gasteiger partial charge in [-0.1, -0.05) is 35.9 Å². The monoisotopic (exact) mass is 414 g/mol. The summed E-state index contributed by atoms with van der Waals surface area (Å²) in [4.78, 5) is 24.2. The van der Waals surface area contributed by atoms with E-state index in [1.165, 1.54) is 18.2 Å². The largest absolute Gasteiger partial charge is 0.489 e. The number of hydrogen-bond acceptors (Lipinski definition) is 5. The van der Waals surface area contributed by atoms with Gasteiger partial charge >= 0.3 is 5.97 Å². The third-order valence-corrected chi connectivity index (χ3v) is 5.17. The van der Waals surface area contributed by atoms with E-state index in [4.69, 9.17) is 14.2 Å². The molecule has 0 N–H and O–H groups in total. The molecule has 0 saturated carbocycles. The van der Waals surface area contributed by atoms with Crippen LogP contribution in [0.5, 0.6) is 11.5 Å². The van der Waals surface area contributed by atoms with Gasteiger partial charge in [-0.3, -0.25) is 4.79 Å². The molecule has 3 aromatic carbocycles. The first-order valence-electron chi connectivity index (χ1n) is 9.90. The average Bonchev–Trinajstić information content (AvgIpc) is 3.09. The Hall–Kier alpha value is -3.86. The number of methoxy groups -OCH3 is 1. The van der Waals surface area contributed by atoms with Gasteiger partial charge < -0.3 is 14.2 Å². The zero-order valence-corrected chi connectivity index (χ0v) is 17.6. The molecular formula is C26H22O5. The average molecular weight is 414 g/mol. The van der Waals surface area contributed by atoms with Crippen molar-refractivity contribution in [3.05, 3.63) is 99.8 Å². The summed E-state index contributed by atoms with van der Waals surface area (Å²) < 4.78 is 16.4. The van der Waals surface area contributed by atoms with E-state index < -0.39 is 5.97 Å². The number of rotatable bonds is 5. The van der Waals surface area contributed by atoms with Crippen LogP contribution < -0.4 is 9.47 Å². The van der Waals surface area contributed by atoms with E-state index in [1.54, 1.807) is 48.5 Å². The normalized spacial score (nSPS) is 13.6. The fraction of sp³-hybridized carbons (Fsp3) is 0.154. The number of fused-ring (bicyclic) bond motifs is 1. The van der Waals surface area contributed by atoms with Gasteiger partial charge in [-0.25, -0.2) is 4.79 Å². The maximum atomic E-state index is 12.7. The molecule has 156 valence electrons. The van der Waals surface area contributed by atoms with Crippen LogP contribution in [-0.4, -0.2) is 18.9 Å². The molecule has 5 heteroatoms. The molecule has 0 bridgehead atoms. The minimum atomic E-state index is -0.409. The molecule has 0 amide bonds. The summed E-state index contributed by atoms with van der Waals surface area (Å²) in [6.45, 7) is 4.54. The lowest BCUT2D eigenvalue weighted by atomic mass is 10.1. The minimum Gasteiger partial charge on any atom is -0.489 e. The van der Waals surface area contributed by atoms with Gasteiger partial charge in [0.05, 0.1) is 18.2 Å². The van der Waals surface area contributed by atoms with Crippen molar-refractivity contribution in [3.8, 4) is 11.5 Å². The molecule has 0 unspecified atom stereocenters. The van der Waals surface area contributed by atoms with Crippen LogP contribution in [0.4, 0.5) is 0 Å². The molecule has 5 nitrogen and oxygen atoms in total. The van der Waals surface area contributed by atoms with Crippen LogP contribution >= 0.6 is 0 Å². The quantitative estimate of drug-likeness (QED) is 0.420. The highest BCUT2D eigenvalue weighted by molar-refractivity contribution is 6.14. The van der Waals surface area contributed by atoms with Gasteiger partial charge in [-0.15, -0.1) is 0 Å². The van der Waals surface area contributed by atoms with E-state index in [0.717, 1.165) is 11.1 Å². The molecule has 1 heterocycles. The Kier molecular flexibility index (Phi) is 5.58. The topological polar surface area (TPSA) is 61.8 Å². The van der Waals surface area contributed by atoms with Gasteiger partial charge in [0, 0.05) is 6.07 Å². The molecular weight excluding hydrogens is 392 g/mol. The van der Waals surface area contributed by atoms with Crippen molar-refractivity contribution in [3.63, 3.8) is 0 Å². The third-order valence-electron chi connectivity index (χ3n) is 5.17. The van der Waals surface area contributed by atoms with Crippen LogP contribution in [0.15, 0.2) is 66.4 Å². The Morgan fingerprint density at radius 2 is 1.77 bits per heavy atom. The molecule has 0 aliphatic carbocycles. The second-order valence-electron chi connectivity index (χ2n) is 7.43. The van der Waals surface area contributed by atoms with E-state index in [2.05, 4.69) is 32.0 Å². The number of Topliss-reactive ketones (excluding diaryl/α,β-unsaturated/α-hetero) is 1. The molecule has 4 rings (SSSR count). The van der Waals surface area contributed by atoms with Gasteiger partial charge in [-0.2, -0.15) is 0 Å². The highest BCUT2D eigenvalue weighted by atomic mass is 16.5. The third kappa shape index (κ3) is 4.36. The van der Waals surface area contributed by atoms with E-state index in [1.807, 2.05) is 0 Å². The number of ketones is 1. The molecule has 31 heavy (non-hydrogen) atoms. The van der Waals surface area contributed by atoms with Crippen molar-refractivity contribution in [2.24, 2.45) is 0 Å². The smallest absolute Gasteiger partial charge is 0.337 e. The van der Waals surface area contributed by atoms with Crippen LogP contribution in [-0.2, 0) is 11.3 Å². The van der Waals surface area contributed by atoms with Gasteiger partial charge in [0.2, 0.25) is 5.78 Å². The van der Waals surface area contributed by atoms with Crippen molar-refractivity contribution in [1.82, 2.24) is 0 Å². The van der Waals surface area contributed by atoms with Crippen LogP contribution in [0.25, 0.3) is 6.08 Å². The Bertz CT molecular complexity index is 1190. The lowest BCUT2D eigenvalue weighted by Gasteiger charge is -2.10. The maximum Gasteiger partial charge on any atom is 0.337 e. The molecule has 3 aromatic rings. The summed E-state index contributed by atoms with van der Waals surface area (Å²) in [5, 5.41) is 0. The summed E-state index contributed by atoms with van der Waals surface area (Å²) in [6, 6.07) is 18.2. The Labute approximate surface area is 180 Å². The number of aryl methyl sites for hydroxylation is 2. The first-order valence-corrected chi connectivity index (χ1v) is 9.90. The summed E-state index contributed by atoms with van der Waals surface area (Å²) in [5.74, 6) is 0.742. The van der Waals surface area contributed by atoms with Crippen molar-refractivity contribution < 1.29 is 23.8 Å². The van der Waals surface area contributed by atoms with Gasteiger partial charge in [0.15, 0.2) is 5.76 Å². The minimum absolute atomic E-state index is 0.187. The summed E-state index contributed by atoms with van der Waals surface area (Å²) in [7, 11) is 1.33. The number of esters is 1. The van der Waals surface area contributed by atoms with E-state index >= 15 is 0 Å². The fourth-order valence-corrected chi connectivity index (χ4v) is 3.36. The van der Waals surface area contributed by atoms with Crippen molar-refractivity contribution in [2.75, 3.05) is 7.11 Å². The Morgan fingerprint density at radius 1 is 1.00 bits per heavy atom. The van der Waals surface area contributed by atoms with E-state index in [9.17, 15) is 9.59 Å². The predicted octanol–water partition coefficient (Wildman–Crippen LogP) is 5.29. The Morgan fingerprint density at radius 3 is 2.52 bits per heavy atom. The zero-order valence-electron chi connectivity index (χ0n) is 17.6. The Balaban J connectivity index is 1.49. The molecule has 0 atom stereocenters. The fourth-order valence-electron chi connectivity index (χ4n) is 3.36. The molecule has 0 saturated heterocycles. The molecule has 0 fully saturated rings. The molecule has 1 aliphatic rings. The van der Waals surface area contributed by atoms with Crippen molar-refractivity contribution in [2.45, 2.75) is 20.5 Å². The number of allylic oxidation sites excluding steroid dienone is 1. The van der Waals surface area contributed by atoms with Crippen LogP contribution in [0, 0.1) is 13.8 Å². The SMILES string of the molecule is COC(=O)c1ccc(/C=C2\Oc3cc(OCc4cc(C)ccc4C)ccc3C2=O)cc1. The number of benzene rings is 3. The summed E-state index contributed by atoms with van der Waals surface area (Å²) in [5.41, 5.74) is 5.15. The predicted molar refractivity (Wildman–Crippen MR) is 117 cm³/mol. The first-order chi connectivity index (χ1) is 14.9. The van der Waals surface area contributed by atoms with Crippen molar-refractivity contribution in [1.29, 1.82) is 0 Å². The van der Waals surface area contributed by atoms with Gasteiger partial charge in [0.25, 0.3) is 0 Å². The van der Waals surface area contributed by atoms with E-state index in [-0.39, 0.29) is 11.5 Å². The maximum absolute atomic E-state index is 12.7. The second-order valence-corrected chi connectivity index (χ2v) is 7.43. The van der Waals surface area contributed by atoms with Crippen molar-refractivity contribution >= 4 is 17.8 Å². The zero-order chi connectivity index (χ0) is 22.0. The van der Waals surface area contributed by atoms with E-state index in [0.29, 0.717) is 29.2 Å². The highest BCUT2D eigenvalue weighted by Crippen LogP contribution is 2.35. The number of carbonyl (C=O) groups excluding carboxylic acids is 2. The number of hydrogen-bond donors (Lipinski definition) is 0. The van der Waals surface area contributed by atoms with Gasteiger partial charge in [-0.05, 0) is 60.9 Å². The summed E-state index contributed by atoms with van der Waals surface area (Å²) >= 11 is 0. The number of carbonyl (C=O) groups is 2. The standard InChI is InChI=1S/C26H22O5/c1-16-4-5-17(2)20(12-16)15-30-21-10-11-22-23(14-21)31-24(25(22)27)13-18-6-8-19(9-7-18)26(28)29-3/h4-14H,15H2,1-3H3/b24-13-. The number of ether oxygens (including phenoxy) is 3. The molecule has 0 spiro atoms. The lowest BCUT2D eigenvalue weighted by molar-refractivity contribution is 0.0600. The van der Waals surface area contributed by atoms with Gasteiger partial charge in [0.1, 0.15) is 18.1 Å². The molecule has 1 aliphatic heterocycles. The van der Waals surface area contributed by atoms with Crippen LogP contribution in [0.3, 0.4) is 0 Å². The van der Waals surface area contributed by atoms with Crippen LogP contribution in [0.2, 0.25) is 0 Å². The molecule has 0 radical (unpaired) electrons. The lowest BCUT2D eigenvalue weighted by Crippen LogP contribution is -2.01. The summed E-state index contributed by atoms with van der Waals surface area (Å²) in [6.07, 6.45) is 1.65. The van der Waals surface area contributed by atoms with Crippen LogP contribution in [0.1, 0.15) is 43.0 Å². The molecule has 0 aromatic heterocycles.